The van der Waals surface area contributed by atoms with Gasteiger partial charge in [-0.1, -0.05) is 6.92 Å². The Balaban J connectivity index is 2.83. The fourth-order valence-electron chi connectivity index (χ4n) is 1.52. The summed E-state index contributed by atoms with van der Waals surface area (Å²) in [4.78, 5) is 0.917. The highest BCUT2D eigenvalue weighted by Gasteiger charge is 2.12. The molecule has 18 heavy (non-hydrogen) atoms. The fourth-order valence-corrected chi connectivity index (χ4v) is 3.55. The molecular weight excluding hydrogens is 270 g/mol. The fraction of sp³-hybridized carbons (Fsp3) is 0.500. The lowest BCUT2D eigenvalue weighted by molar-refractivity contribution is 0.590. The van der Waals surface area contributed by atoms with E-state index in [1.807, 2.05) is 14.0 Å². The van der Waals surface area contributed by atoms with E-state index in [4.69, 9.17) is 0 Å². The molecule has 1 aromatic rings. The van der Waals surface area contributed by atoms with Gasteiger partial charge in [-0.15, -0.1) is 0 Å². The van der Waals surface area contributed by atoms with E-state index in [1.54, 1.807) is 12.1 Å². The summed E-state index contributed by atoms with van der Waals surface area (Å²) in [7, 11) is -2.45. The Morgan fingerprint density at radius 3 is 2.22 bits per heavy atom. The largest absolute Gasteiger partial charge is 0.316 e. The van der Waals surface area contributed by atoms with Crippen LogP contribution in [0.3, 0.4) is 0 Å². The summed E-state index contributed by atoms with van der Waals surface area (Å²) in [6.07, 6.45) is 2.07. The van der Waals surface area contributed by atoms with Crippen molar-refractivity contribution in [3.63, 3.8) is 0 Å². The van der Waals surface area contributed by atoms with E-state index in [1.165, 1.54) is 12.1 Å². The topological polar surface area (TPSA) is 63.2 Å². The van der Waals surface area contributed by atoms with Crippen LogP contribution in [0.5, 0.6) is 0 Å². The lowest BCUT2D eigenvalue weighted by atomic mass is 10.3. The van der Waals surface area contributed by atoms with Crippen molar-refractivity contribution >= 4 is 20.6 Å². The van der Waals surface area contributed by atoms with Crippen LogP contribution >= 0.6 is 0 Å². The Labute approximate surface area is 111 Å². The number of rotatable bonds is 6. The molecule has 0 bridgehead atoms. The molecule has 6 heteroatoms. The number of hydrogen-bond acceptors (Lipinski definition) is 4. The van der Waals surface area contributed by atoms with Gasteiger partial charge in [-0.25, -0.2) is 8.42 Å². The van der Waals surface area contributed by atoms with Crippen LogP contribution in [0.25, 0.3) is 0 Å². The quantitative estimate of drug-likeness (QED) is 0.854. The number of sulfone groups is 1. The van der Waals surface area contributed by atoms with Gasteiger partial charge >= 0.3 is 0 Å². The highest BCUT2D eigenvalue weighted by Crippen LogP contribution is 2.14. The summed E-state index contributed by atoms with van der Waals surface area (Å²) in [5.41, 5.74) is 0. The lowest BCUT2D eigenvalue weighted by Crippen LogP contribution is -2.30. The van der Waals surface area contributed by atoms with Crippen molar-refractivity contribution in [2.24, 2.45) is 0 Å². The van der Waals surface area contributed by atoms with E-state index in [-0.39, 0.29) is 10.9 Å². The monoisotopic (exact) mass is 289 g/mol. The van der Waals surface area contributed by atoms with Gasteiger partial charge in [0.05, 0.1) is 15.7 Å². The van der Waals surface area contributed by atoms with Crippen LogP contribution in [0.4, 0.5) is 0 Å². The molecule has 0 spiro atoms. The molecule has 102 valence electrons. The maximum Gasteiger partial charge on any atom is 0.175 e. The number of nitrogens with one attached hydrogen (secondary N) is 1. The third kappa shape index (κ3) is 4.19. The molecule has 2 atom stereocenters. The Bertz CT molecular complexity index is 505. The van der Waals surface area contributed by atoms with Gasteiger partial charge in [-0.2, -0.15) is 0 Å². The van der Waals surface area contributed by atoms with E-state index in [0.717, 1.165) is 12.7 Å². The zero-order chi connectivity index (χ0) is 13.8. The van der Waals surface area contributed by atoms with Crippen LogP contribution in [0.2, 0.25) is 0 Å². The molecule has 0 aromatic heterocycles. The van der Waals surface area contributed by atoms with E-state index in [2.05, 4.69) is 5.32 Å². The van der Waals surface area contributed by atoms with Crippen LogP contribution in [-0.2, 0) is 20.6 Å². The molecule has 0 saturated heterocycles. The van der Waals surface area contributed by atoms with E-state index in [0.29, 0.717) is 10.6 Å². The van der Waals surface area contributed by atoms with E-state index in [9.17, 15) is 12.6 Å². The minimum absolute atomic E-state index is 0.209. The molecule has 0 saturated carbocycles. The highest BCUT2D eigenvalue weighted by atomic mass is 32.2. The van der Waals surface area contributed by atoms with Gasteiger partial charge in [0.1, 0.15) is 0 Å². The Morgan fingerprint density at radius 1 is 1.28 bits per heavy atom. The third-order valence-corrected chi connectivity index (χ3v) is 5.40. The van der Waals surface area contributed by atoms with Gasteiger partial charge in [0.15, 0.2) is 9.84 Å². The SMILES string of the molecule is CCC(CS(=O)c1ccc(S(C)(=O)=O)cc1)NC. The van der Waals surface area contributed by atoms with E-state index >= 15 is 0 Å². The Hall–Kier alpha value is -0.720. The van der Waals surface area contributed by atoms with Gasteiger partial charge in [-0.05, 0) is 37.7 Å². The van der Waals surface area contributed by atoms with Crippen molar-refractivity contribution < 1.29 is 12.6 Å². The van der Waals surface area contributed by atoms with Crippen molar-refractivity contribution in [3.8, 4) is 0 Å². The minimum Gasteiger partial charge on any atom is -0.316 e. The standard InChI is InChI=1S/C12H19NO3S2/c1-4-10(13-2)9-17(14)11-5-7-12(8-6-11)18(3,15)16/h5-8,10,13H,4,9H2,1-3H3. The highest BCUT2D eigenvalue weighted by molar-refractivity contribution is 7.90. The van der Waals surface area contributed by atoms with Crippen LogP contribution in [0.15, 0.2) is 34.1 Å². The first-order valence-electron chi connectivity index (χ1n) is 5.74. The van der Waals surface area contributed by atoms with Gasteiger partial charge in [0.25, 0.3) is 0 Å². The van der Waals surface area contributed by atoms with Crippen molar-refractivity contribution in [1.29, 1.82) is 0 Å². The maximum atomic E-state index is 12.1. The molecular formula is C12H19NO3S2. The van der Waals surface area contributed by atoms with Gasteiger partial charge in [0, 0.05) is 22.9 Å². The first-order chi connectivity index (χ1) is 8.38. The summed E-state index contributed by atoms with van der Waals surface area (Å²) in [5, 5.41) is 3.10. The number of benzene rings is 1. The van der Waals surface area contributed by atoms with Gasteiger partial charge in [-0.3, -0.25) is 4.21 Å². The average molecular weight is 289 g/mol. The van der Waals surface area contributed by atoms with Crippen molar-refractivity contribution in [3.05, 3.63) is 24.3 Å². The first-order valence-corrected chi connectivity index (χ1v) is 8.95. The summed E-state index contributed by atoms with van der Waals surface area (Å²) >= 11 is 0. The van der Waals surface area contributed by atoms with Crippen LogP contribution in [-0.4, -0.2) is 37.7 Å². The predicted octanol–water partition coefficient (Wildman–Crippen LogP) is 1.20. The molecule has 0 heterocycles. The second kappa shape index (κ2) is 6.45. The van der Waals surface area contributed by atoms with Gasteiger partial charge in [0.2, 0.25) is 0 Å². The molecule has 0 aliphatic heterocycles. The molecule has 2 unspecified atom stereocenters. The molecule has 0 aliphatic carbocycles. The van der Waals surface area contributed by atoms with Crippen LogP contribution in [0.1, 0.15) is 13.3 Å². The van der Waals surface area contributed by atoms with Gasteiger partial charge < -0.3 is 5.32 Å². The summed E-state index contributed by atoms with van der Waals surface area (Å²) in [5.74, 6) is 0.533. The molecule has 0 radical (unpaired) electrons. The zero-order valence-electron chi connectivity index (χ0n) is 10.8. The summed E-state index contributed by atoms with van der Waals surface area (Å²) in [6, 6.07) is 6.45. The average Bonchev–Trinajstić information content (AvgIpc) is 2.34. The zero-order valence-corrected chi connectivity index (χ0v) is 12.5. The Morgan fingerprint density at radius 2 is 1.83 bits per heavy atom. The first kappa shape index (κ1) is 15.3. The molecule has 4 nitrogen and oxygen atoms in total. The molecule has 1 aromatic carbocycles. The molecule has 0 fully saturated rings. The minimum atomic E-state index is -3.19. The molecule has 1 N–H and O–H groups in total. The molecule has 1 rings (SSSR count). The summed E-state index contributed by atoms with van der Waals surface area (Å²) < 4.78 is 34.7. The smallest absolute Gasteiger partial charge is 0.175 e. The number of hydrogen-bond donors (Lipinski definition) is 1. The third-order valence-electron chi connectivity index (χ3n) is 2.77. The lowest BCUT2D eigenvalue weighted by Gasteiger charge is -2.13. The molecule has 0 amide bonds. The Kier molecular flexibility index (Phi) is 5.49. The van der Waals surface area contributed by atoms with Crippen molar-refractivity contribution in [2.45, 2.75) is 29.2 Å². The van der Waals surface area contributed by atoms with E-state index < -0.39 is 20.6 Å². The normalized spacial score (nSPS) is 15.3. The second-order valence-corrected chi connectivity index (χ2v) is 7.66. The maximum absolute atomic E-state index is 12.1. The molecule has 0 aliphatic rings. The van der Waals surface area contributed by atoms with Crippen LogP contribution in [0, 0.1) is 0 Å². The predicted molar refractivity (Wildman–Crippen MR) is 74.0 cm³/mol. The second-order valence-electron chi connectivity index (χ2n) is 4.15. The van der Waals surface area contributed by atoms with Crippen molar-refractivity contribution in [2.75, 3.05) is 19.1 Å². The summed E-state index contributed by atoms with van der Waals surface area (Å²) in [6.45, 7) is 2.03. The van der Waals surface area contributed by atoms with Crippen LogP contribution < -0.4 is 5.32 Å². The van der Waals surface area contributed by atoms with Crippen molar-refractivity contribution in [1.82, 2.24) is 5.32 Å².